The van der Waals surface area contributed by atoms with E-state index in [2.05, 4.69) is 75.4 Å². The van der Waals surface area contributed by atoms with Crippen LogP contribution in [0.3, 0.4) is 0 Å². The van der Waals surface area contributed by atoms with E-state index in [0.29, 0.717) is 0 Å². The zero-order valence-electron chi connectivity index (χ0n) is 16.9. The molecule has 0 atom stereocenters. The second-order valence-corrected chi connectivity index (χ2v) is 17.9. The van der Waals surface area contributed by atoms with E-state index in [1.165, 1.54) is 25.7 Å². The lowest BCUT2D eigenvalue weighted by atomic mass is 10.2. The molecule has 0 aliphatic rings. The van der Waals surface area contributed by atoms with Crippen LogP contribution >= 0.6 is 0 Å². The Bertz CT molecular complexity index is 285. The molecule has 0 spiro atoms. The highest BCUT2D eigenvalue weighted by Gasteiger charge is 2.53. The minimum atomic E-state index is -1.94. The van der Waals surface area contributed by atoms with Crippen molar-refractivity contribution in [3.8, 4) is 0 Å². The highest BCUT2D eigenvalue weighted by molar-refractivity contribution is 6.90. The predicted octanol–water partition coefficient (Wildman–Crippen LogP) is 4.66. The first-order chi connectivity index (χ1) is 10.1. The van der Waals surface area contributed by atoms with E-state index < -0.39 is 16.8 Å². The molecule has 134 valence electrons. The topological polar surface area (TPSA) is 27.3 Å². The first-order valence-electron chi connectivity index (χ1n) is 9.34. The van der Waals surface area contributed by atoms with Gasteiger partial charge in [0, 0.05) is 0 Å². The Kier molecular flexibility index (Phi) is 9.71. The van der Waals surface area contributed by atoms with Gasteiger partial charge >= 0.3 is 0 Å². The van der Waals surface area contributed by atoms with Gasteiger partial charge in [-0.2, -0.15) is 0 Å². The summed E-state index contributed by atoms with van der Waals surface area (Å²) in [5.41, 5.74) is 0. The fourth-order valence-corrected chi connectivity index (χ4v) is 13.7. The van der Waals surface area contributed by atoms with E-state index in [1.807, 2.05) is 0 Å². The van der Waals surface area contributed by atoms with Crippen molar-refractivity contribution in [2.45, 2.75) is 91.9 Å². The maximum absolute atomic E-state index is 4.08. The van der Waals surface area contributed by atoms with Gasteiger partial charge in [-0.15, -0.1) is 0 Å². The van der Waals surface area contributed by atoms with Crippen LogP contribution < -0.4 is 9.96 Å². The Morgan fingerprint density at radius 3 is 1.45 bits per heavy atom. The molecule has 2 N–H and O–H groups in total. The number of unbranched alkanes of at least 4 members (excludes halogenated alkanes) is 2. The molecular weight excluding hydrogens is 302 g/mol. The number of nitrogens with zero attached hydrogens (tertiary/aromatic N) is 1. The third-order valence-corrected chi connectivity index (χ3v) is 14.2. The van der Waals surface area contributed by atoms with Gasteiger partial charge < -0.3 is 14.2 Å². The van der Waals surface area contributed by atoms with E-state index in [1.54, 1.807) is 0 Å². The van der Waals surface area contributed by atoms with Crippen LogP contribution in [0.5, 0.6) is 0 Å². The zero-order valence-corrected chi connectivity index (χ0v) is 18.9. The van der Waals surface area contributed by atoms with Gasteiger partial charge in [0.2, 0.25) is 0 Å². The van der Waals surface area contributed by atoms with Gasteiger partial charge in [-0.3, -0.25) is 0 Å². The summed E-state index contributed by atoms with van der Waals surface area (Å²) < 4.78 is 2.88. The highest BCUT2D eigenvalue weighted by atomic mass is 28.4. The first kappa shape index (κ1) is 22.3. The molecule has 0 aliphatic heterocycles. The van der Waals surface area contributed by atoms with Crippen molar-refractivity contribution in [2.24, 2.45) is 0 Å². The number of hydrogen-bond donors (Lipinski definition) is 2. The Morgan fingerprint density at radius 1 is 0.818 bits per heavy atom. The monoisotopic (exact) mass is 345 g/mol. The standard InChI is InChI=1S/C17H43N3Si2/c1-10-13-15-18-22(17(4,5)6,19-16-14-11-2)20(12-3)21(7,8)9/h18-19H,10-16H2,1-9H3. The molecule has 3 nitrogen and oxygen atoms in total. The van der Waals surface area contributed by atoms with E-state index in [-0.39, 0.29) is 5.04 Å². The molecular formula is C17H43N3Si2. The predicted molar refractivity (Wildman–Crippen MR) is 107 cm³/mol. The Hall–Kier alpha value is 0.314. The molecule has 0 amide bonds. The minimum Gasteiger partial charge on any atom is -0.321 e. The van der Waals surface area contributed by atoms with Crippen LogP contribution in [0.15, 0.2) is 0 Å². The molecule has 0 rings (SSSR count). The third kappa shape index (κ3) is 6.08. The smallest absolute Gasteiger partial charge is 0.282 e. The van der Waals surface area contributed by atoms with Gasteiger partial charge in [0.05, 0.1) is 0 Å². The normalized spacial score (nSPS) is 13.9. The average molecular weight is 346 g/mol. The highest BCUT2D eigenvalue weighted by Crippen LogP contribution is 2.37. The number of hydrogen-bond acceptors (Lipinski definition) is 3. The molecule has 0 saturated heterocycles. The minimum absolute atomic E-state index is 0.269. The van der Waals surface area contributed by atoms with Gasteiger partial charge in [0.25, 0.3) is 8.56 Å². The molecule has 5 heteroatoms. The van der Waals surface area contributed by atoms with Gasteiger partial charge in [-0.1, -0.05) is 74.0 Å². The zero-order chi connectivity index (χ0) is 17.4. The van der Waals surface area contributed by atoms with Crippen LogP contribution in [0.1, 0.15) is 67.2 Å². The van der Waals surface area contributed by atoms with Gasteiger partial charge in [0.1, 0.15) is 8.24 Å². The van der Waals surface area contributed by atoms with Crippen LogP contribution in [-0.2, 0) is 0 Å². The van der Waals surface area contributed by atoms with Crippen LogP contribution in [-0.4, -0.2) is 40.7 Å². The van der Waals surface area contributed by atoms with Crippen molar-refractivity contribution >= 4 is 16.8 Å². The molecule has 0 fully saturated rings. The summed E-state index contributed by atoms with van der Waals surface area (Å²) in [6.07, 6.45) is 5.05. The Balaban J connectivity index is 5.60. The quantitative estimate of drug-likeness (QED) is 0.421. The van der Waals surface area contributed by atoms with Crippen LogP contribution in [0.2, 0.25) is 24.7 Å². The van der Waals surface area contributed by atoms with Crippen molar-refractivity contribution in [1.29, 1.82) is 0 Å². The molecule has 0 radical (unpaired) electrons. The molecule has 0 aliphatic carbocycles. The van der Waals surface area contributed by atoms with E-state index in [4.69, 9.17) is 0 Å². The van der Waals surface area contributed by atoms with Crippen molar-refractivity contribution < 1.29 is 0 Å². The summed E-state index contributed by atoms with van der Waals surface area (Å²) in [6.45, 7) is 25.1. The summed E-state index contributed by atoms with van der Waals surface area (Å²) in [7, 11) is -3.32. The van der Waals surface area contributed by atoms with Crippen molar-refractivity contribution in [3.05, 3.63) is 0 Å². The fourth-order valence-electron chi connectivity index (χ4n) is 3.30. The molecule has 22 heavy (non-hydrogen) atoms. The number of nitrogens with one attached hydrogen (secondary N) is 2. The van der Waals surface area contributed by atoms with Crippen molar-refractivity contribution in [3.63, 3.8) is 0 Å². The second-order valence-electron chi connectivity index (χ2n) is 8.44. The van der Waals surface area contributed by atoms with Crippen molar-refractivity contribution in [1.82, 2.24) is 14.2 Å². The Morgan fingerprint density at radius 2 is 1.23 bits per heavy atom. The summed E-state index contributed by atoms with van der Waals surface area (Å²) in [4.78, 5) is 8.16. The summed E-state index contributed by atoms with van der Waals surface area (Å²) in [5, 5.41) is 0.269. The summed E-state index contributed by atoms with van der Waals surface area (Å²) in [6, 6.07) is 0. The van der Waals surface area contributed by atoms with Crippen LogP contribution in [0.25, 0.3) is 0 Å². The second kappa shape index (κ2) is 9.57. The summed E-state index contributed by atoms with van der Waals surface area (Å²) >= 11 is 0. The molecule has 0 aromatic heterocycles. The largest absolute Gasteiger partial charge is 0.321 e. The first-order valence-corrected chi connectivity index (χ1v) is 14.7. The van der Waals surface area contributed by atoms with Gasteiger partial charge in [0.15, 0.2) is 0 Å². The van der Waals surface area contributed by atoms with Gasteiger partial charge in [-0.05, 0) is 37.5 Å². The molecule has 0 aromatic carbocycles. The summed E-state index contributed by atoms with van der Waals surface area (Å²) in [5.74, 6) is 0. The maximum atomic E-state index is 4.08. The van der Waals surface area contributed by atoms with Crippen molar-refractivity contribution in [2.75, 3.05) is 19.6 Å². The Labute approximate surface area is 143 Å². The van der Waals surface area contributed by atoms with Gasteiger partial charge in [-0.25, -0.2) is 0 Å². The lowest BCUT2D eigenvalue weighted by molar-refractivity contribution is 0.492. The maximum Gasteiger partial charge on any atom is 0.282 e. The van der Waals surface area contributed by atoms with E-state index in [0.717, 1.165) is 19.6 Å². The van der Waals surface area contributed by atoms with Crippen LogP contribution in [0.4, 0.5) is 0 Å². The molecule has 0 aromatic rings. The molecule has 0 saturated carbocycles. The molecule has 0 heterocycles. The molecule has 0 bridgehead atoms. The fraction of sp³-hybridized carbons (Fsp3) is 1.00. The van der Waals surface area contributed by atoms with E-state index in [9.17, 15) is 0 Å². The SMILES string of the molecule is CCCCN[Si](NCCCC)(N(CC)[Si](C)(C)C)C(C)(C)C. The van der Waals surface area contributed by atoms with Crippen LogP contribution in [0, 0.1) is 0 Å². The lowest BCUT2D eigenvalue weighted by Gasteiger charge is -2.55. The van der Waals surface area contributed by atoms with E-state index >= 15 is 0 Å². The lowest BCUT2D eigenvalue weighted by Crippen LogP contribution is -2.81. The average Bonchev–Trinajstić information content (AvgIpc) is 2.36. The number of rotatable bonds is 11. The third-order valence-electron chi connectivity index (χ3n) is 4.44. The molecule has 0 unspecified atom stereocenters.